The van der Waals surface area contributed by atoms with Crippen LogP contribution >= 0.6 is 15.9 Å². The lowest BCUT2D eigenvalue weighted by molar-refractivity contribution is 0.601. The van der Waals surface area contributed by atoms with Gasteiger partial charge >= 0.3 is 0 Å². The molecule has 0 radical (unpaired) electrons. The standard InChI is InChI=1S/C15H17BrN2O2S/c1-2-3-11-4-7-13(8-5-11)18-21(19,20)15-10-12(16)6-9-14(15)17/h4-10,18H,2-3,17H2,1H3. The first kappa shape index (κ1) is 15.9. The number of halogens is 1. The van der Waals surface area contributed by atoms with E-state index in [1.807, 2.05) is 12.1 Å². The van der Waals surface area contributed by atoms with Crippen molar-refractivity contribution >= 4 is 37.3 Å². The Morgan fingerprint density at radius 2 is 1.81 bits per heavy atom. The number of nitrogen functional groups attached to an aromatic ring is 1. The van der Waals surface area contributed by atoms with Crippen LogP contribution in [-0.2, 0) is 16.4 Å². The maximum Gasteiger partial charge on any atom is 0.263 e. The number of nitrogens with one attached hydrogen (secondary N) is 1. The molecule has 0 aliphatic heterocycles. The molecule has 0 spiro atoms. The number of benzene rings is 2. The lowest BCUT2D eigenvalue weighted by Crippen LogP contribution is -2.14. The minimum atomic E-state index is -3.70. The molecule has 2 rings (SSSR count). The minimum absolute atomic E-state index is 0.0644. The molecule has 2 aromatic carbocycles. The number of sulfonamides is 1. The van der Waals surface area contributed by atoms with Gasteiger partial charge in [0.1, 0.15) is 4.90 Å². The summed E-state index contributed by atoms with van der Waals surface area (Å²) < 4.78 is 28.0. The van der Waals surface area contributed by atoms with Crippen molar-refractivity contribution in [1.82, 2.24) is 0 Å². The van der Waals surface area contributed by atoms with E-state index in [2.05, 4.69) is 27.6 Å². The SMILES string of the molecule is CCCc1ccc(NS(=O)(=O)c2cc(Br)ccc2N)cc1. The van der Waals surface area contributed by atoms with Crippen LogP contribution in [0.1, 0.15) is 18.9 Å². The van der Waals surface area contributed by atoms with Crippen LogP contribution in [0.5, 0.6) is 0 Å². The summed E-state index contributed by atoms with van der Waals surface area (Å²) >= 11 is 3.25. The summed E-state index contributed by atoms with van der Waals surface area (Å²) in [5, 5.41) is 0. The van der Waals surface area contributed by atoms with Crippen LogP contribution in [0.15, 0.2) is 51.8 Å². The van der Waals surface area contributed by atoms with Gasteiger partial charge in [-0.05, 0) is 42.3 Å². The average molecular weight is 369 g/mol. The maximum atomic E-state index is 12.4. The Hall–Kier alpha value is -1.53. The lowest BCUT2D eigenvalue weighted by atomic mass is 10.1. The predicted molar refractivity (Wildman–Crippen MR) is 89.8 cm³/mol. The lowest BCUT2D eigenvalue weighted by Gasteiger charge is -2.11. The number of anilines is 2. The molecule has 3 N–H and O–H groups in total. The summed E-state index contributed by atoms with van der Waals surface area (Å²) in [6.07, 6.45) is 2.03. The summed E-state index contributed by atoms with van der Waals surface area (Å²) in [5.41, 5.74) is 7.67. The molecule has 112 valence electrons. The van der Waals surface area contributed by atoms with Crippen molar-refractivity contribution in [1.29, 1.82) is 0 Å². The van der Waals surface area contributed by atoms with E-state index in [-0.39, 0.29) is 10.6 Å². The predicted octanol–water partition coefficient (Wildman–Crippen LogP) is 3.78. The van der Waals surface area contributed by atoms with E-state index in [9.17, 15) is 8.42 Å². The second-order valence-corrected chi connectivity index (χ2v) is 7.30. The van der Waals surface area contributed by atoms with Gasteiger partial charge in [0.2, 0.25) is 0 Å². The highest BCUT2D eigenvalue weighted by Crippen LogP contribution is 2.25. The molecule has 0 atom stereocenters. The first-order valence-corrected chi connectivity index (χ1v) is 8.87. The topological polar surface area (TPSA) is 72.2 Å². The third-order valence-electron chi connectivity index (χ3n) is 3.01. The smallest absolute Gasteiger partial charge is 0.263 e. The summed E-state index contributed by atoms with van der Waals surface area (Å²) in [4.78, 5) is 0.0644. The van der Waals surface area contributed by atoms with Gasteiger partial charge in [0.25, 0.3) is 10.0 Å². The molecule has 0 saturated heterocycles. The Kier molecular flexibility index (Phi) is 4.90. The average Bonchev–Trinajstić information content (AvgIpc) is 2.43. The van der Waals surface area contributed by atoms with Crippen LogP contribution in [-0.4, -0.2) is 8.42 Å². The molecule has 2 aromatic rings. The Bertz CT molecular complexity index is 728. The molecule has 21 heavy (non-hydrogen) atoms. The molecule has 0 unspecified atom stereocenters. The van der Waals surface area contributed by atoms with E-state index in [1.54, 1.807) is 24.3 Å². The molecule has 0 aliphatic rings. The van der Waals surface area contributed by atoms with Gasteiger partial charge < -0.3 is 5.73 Å². The van der Waals surface area contributed by atoms with E-state index in [0.717, 1.165) is 12.8 Å². The van der Waals surface area contributed by atoms with Crippen molar-refractivity contribution < 1.29 is 8.42 Å². The Balaban J connectivity index is 2.26. The van der Waals surface area contributed by atoms with Crippen LogP contribution < -0.4 is 10.5 Å². The van der Waals surface area contributed by atoms with Gasteiger partial charge in [-0.2, -0.15) is 0 Å². The largest absolute Gasteiger partial charge is 0.398 e. The van der Waals surface area contributed by atoms with Crippen molar-refractivity contribution in [2.45, 2.75) is 24.7 Å². The highest BCUT2D eigenvalue weighted by atomic mass is 79.9. The summed E-state index contributed by atoms with van der Waals surface area (Å²) in [6, 6.07) is 12.1. The highest BCUT2D eigenvalue weighted by molar-refractivity contribution is 9.10. The van der Waals surface area contributed by atoms with Crippen LogP contribution in [0.4, 0.5) is 11.4 Å². The van der Waals surface area contributed by atoms with E-state index in [4.69, 9.17) is 5.73 Å². The molecule has 0 saturated carbocycles. The van der Waals surface area contributed by atoms with Crippen LogP contribution in [0.25, 0.3) is 0 Å². The Morgan fingerprint density at radius 1 is 1.14 bits per heavy atom. The first-order chi connectivity index (χ1) is 9.92. The molecule has 0 bridgehead atoms. The molecule has 0 aliphatic carbocycles. The zero-order valence-electron chi connectivity index (χ0n) is 11.6. The molecule has 0 heterocycles. The van der Waals surface area contributed by atoms with Crippen molar-refractivity contribution in [3.63, 3.8) is 0 Å². The van der Waals surface area contributed by atoms with Gasteiger partial charge in [0, 0.05) is 10.2 Å². The van der Waals surface area contributed by atoms with Gasteiger partial charge in [0.05, 0.1) is 5.69 Å². The normalized spacial score (nSPS) is 11.3. The third kappa shape index (κ3) is 3.98. The maximum absolute atomic E-state index is 12.4. The molecule has 0 amide bonds. The Labute approximate surface area is 133 Å². The second kappa shape index (κ2) is 6.49. The van der Waals surface area contributed by atoms with E-state index >= 15 is 0 Å². The zero-order valence-corrected chi connectivity index (χ0v) is 14.0. The molecular weight excluding hydrogens is 352 g/mol. The quantitative estimate of drug-likeness (QED) is 0.788. The van der Waals surface area contributed by atoms with Gasteiger partial charge in [-0.3, -0.25) is 4.72 Å². The fourth-order valence-corrected chi connectivity index (χ4v) is 3.71. The third-order valence-corrected chi connectivity index (χ3v) is 4.94. The summed E-state index contributed by atoms with van der Waals surface area (Å²) in [6.45, 7) is 2.10. The number of aryl methyl sites for hydroxylation is 1. The molecular formula is C15H17BrN2O2S. The van der Waals surface area contributed by atoms with Crippen LogP contribution in [0.3, 0.4) is 0 Å². The van der Waals surface area contributed by atoms with E-state index in [1.165, 1.54) is 11.6 Å². The Morgan fingerprint density at radius 3 is 2.43 bits per heavy atom. The monoisotopic (exact) mass is 368 g/mol. The van der Waals surface area contributed by atoms with Gasteiger partial charge in [-0.1, -0.05) is 41.4 Å². The number of nitrogens with two attached hydrogens (primary N) is 1. The van der Waals surface area contributed by atoms with Crippen molar-refractivity contribution in [3.8, 4) is 0 Å². The van der Waals surface area contributed by atoms with Crippen molar-refractivity contribution in [2.24, 2.45) is 0 Å². The second-order valence-electron chi connectivity index (χ2n) is 4.73. The molecule has 4 nitrogen and oxygen atoms in total. The number of hydrogen-bond donors (Lipinski definition) is 2. The van der Waals surface area contributed by atoms with Crippen molar-refractivity contribution in [3.05, 3.63) is 52.5 Å². The minimum Gasteiger partial charge on any atom is -0.398 e. The van der Waals surface area contributed by atoms with Gasteiger partial charge in [-0.15, -0.1) is 0 Å². The van der Waals surface area contributed by atoms with Crippen LogP contribution in [0, 0.1) is 0 Å². The molecule has 0 fully saturated rings. The molecule has 0 aromatic heterocycles. The van der Waals surface area contributed by atoms with Gasteiger partial charge in [-0.25, -0.2) is 8.42 Å². The summed E-state index contributed by atoms with van der Waals surface area (Å²) in [7, 11) is -3.70. The van der Waals surface area contributed by atoms with Crippen molar-refractivity contribution in [2.75, 3.05) is 10.5 Å². The fourth-order valence-electron chi connectivity index (χ4n) is 1.98. The highest BCUT2D eigenvalue weighted by Gasteiger charge is 2.17. The first-order valence-electron chi connectivity index (χ1n) is 6.59. The molecule has 6 heteroatoms. The van der Waals surface area contributed by atoms with E-state index in [0.29, 0.717) is 10.2 Å². The summed E-state index contributed by atoms with van der Waals surface area (Å²) in [5.74, 6) is 0. The van der Waals surface area contributed by atoms with Gasteiger partial charge in [0.15, 0.2) is 0 Å². The fraction of sp³-hybridized carbons (Fsp3) is 0.200. The number of rotatable bonds is 5. The zero-order chi connectivity index (χ0) is 15.5. The van der Waals surface area contributed by atoms with Crippen LogP contribution in [0.2, 0.25) is 0 Å². The number of hydrogen-bond acceptors (Lipinski definition) is 3. The van der Waals surface area contributed by atoms with E-state index < -0.39 is 10.0 Å².